The summed E-state index contributed by atoms with van der Waals surface area (Å²) >= 11 is 0. The summed E-state index contributed by atoms with van der Waals surface area (Å²) in [5.41, 5.74) is 13.0. The Morgan fingerprint density at radius 1 is 0.656 bits per heavy atom. The fourth-order valence-corrected chi connectivity index (χ4v) is 8.55. The summed E-state index contributed by atoms with van der Waals surface area (Å²) in [6.45, 7) is 14.8. The van der Waals surface area contributed by atoms with Gasteiger partial charge in [0, 0.05) is 52.5 Å². The minimum Gasteiger partial charge on any atom is -0.500 e. The van der Waals surface area contributed by atoms with Gasteiger partial charge in [0.2, 0.25) is 0 Å². The molecule has 321 valence electrons. The van der Waals surface area contributed by atoms with Gasteiger partial charge in [-0.1, -0.05) is 156 Å². The zero-order chi connectivity index (χ0) is 45.5. The number of hydrogen-bond acceptors (Lipinski definition) is 3. The third-order valence-electron chi connectivity index (χ3n) is 11.4. The number of aromatic nitrogens is 3. The maximum Gasteiger partial charge on any atom is 0.122 e. The topological polar surface area (TPSA) is 43.9 Å². The van der Waals surface area contributed by atoms with Crippen LogP contribution in [0.4, 0.5) is 0 Å². The second-order valence-electron chi connectivity index (χ2n) is 17.8. The molecule has 0 spiro atoms. The van der Waals surface area contributed by atoms with Crippen LogP contribution in [0.3, 0.4) is 0 Å². The zero-order valence-electron chi connectivity index (χ0n) is 39.4. The number of fused-ring (bicyclic) bond motifs is 5. The monoisotopic (exact) mass is 1010 g/mol. The minimum atomic E-state index is -1.40. The van der Waals surface area contributed by atoms with Gasteiger partial charge in [-0.15, -0.1) is 54.1 Å². The van der Waals surface area contributed by atoms with E-state index in [1.807, 2.05) is 69.4 Å². The van der Waals surface area contributed by atoms with Crippen molar-refractivity contribution in [2.24, 2.45) is 5.41 Å². The largest absolute Gasteiger partial charge is 0.500 e. The zero-order valence-corrected chi connectivity index (χ0v) is 39.8. The van der Waals surface area contributed by atoms with E-state index in [9.17, 15) is 0 Å². The summed E-state index contributed by atoms with van der Waals surface area (Å²) in [5, 5.41) is 4.58. The van der Waals surface area contributed by atoms with Crippen LogP contribution in [0.25, 0.3) is 83.3 Å². The molecule has 3 aromatic heterocycles. The Labute approximate surface area is 394 Å². The van der Waals surface area contributed by atoms with Crippen molar-refractivity contribution >= 4 is 32.7 Å². The normalized spacial score (nSPS) is 12.3. The van der Waals surface area contributed by atoms with Gasteiger partial charge in [0.15, 0.2) is 0 Å². The van der Waals surface area contributed by atoms with Crippen LogP contribution in [0.2, 0.25) is 0 Å². The van der Waals surface area contributed by atoms with E-state index >= 15 is 0 Å². The summed E-state index contributed by atoms with van der Waals surface area (Å²) in [5.74, 6) is 1.44. The van der Waals surface area contributed by atoms with Crippen molar-refractivity contribution < 1.29 is 27.3 Å². The number of hydrogen-bond donors (Lipinski definition) is 0. The number of rotatable bonds is 8. The van der Waals surface area contributed by atoms with Crippen LogP contribution in [-0.2, 0) is 26.5 Å². The van der Waals surface area contributed by atoms with Crippen LogP contribution in [0.5, 0.6) is 0 Å². The Bertz CT molecular complexity index is 3230. The minimum absolute atomic E-state index is 0. The van der Waals surface area contributed by atoms with E-state index in [4.69, 9.17) is 12.1 Å². The first-order chi connectivity index (χ1) is 31.3. The van der Waals surface area contributed by atoms with Crippen molar-refractivity contribution in [1.82, 2.24) is 14.5 Å². The van der Waals surface area contributed by atoms with Crippen LogP contribution in [-0.4, -0.2) is 14.5 Å². The maximum atomic E-state index is 8.21. The van der Waals surface area contributed by atoms with Crippen LogP contribution in [0.1, 0.15) is 79.7 Å². The van der Waals surface area contributed by atoms with Crippen molar-refractivity contribution in [3.05, 3.63) is 199 Å². The molecule has 0 atom stereocenters. The number of nitrogens with zero attached hydrogens (tertiary/aromatic N) is 3. The summed E-state index contributed by atoms with van der Waals surface area (Å²) in [7, 11) is 0. The molecule has 5 heteroatoms. The van der Waals surface area contributed by atoms with Gasteiger partial charge in [0.05, 0.1) is 11.4 Å². The second-order valence-corrected chi connectivity index (χ2v) is 17.8. The molecule has 0 amide bonds. The number of pyridine rings is 1. The third-order valence-corrected chi connectivity index (χ3v) is 11.4. The van der Waals surface area contributed by atoms with Gasteiger partial charge < -0.3 is 14.0 Å². The number of benzene rings is 7. The molecule has 3 heterocycles. The molecule has 1 radical (unpaired) electrons. The van der Waals surface area contributed by atoms with E-state index in [2.05, 4.69) is 165 Å². The molecular formula is C59H53IrN3O-2. The van der Waals surface area contributed by atoms with E-state index in [-0.39, 0.29) is 20.1 Å². The Morgan fingerprint density at radius 3 is 1.94 bits per heavy atom. The predicted octanol–water partition coefficient (Wildman–Crippen LogP) is 16.1. The average Bonchev–Trinajstić information content (AvgIpc) is 3.97. The standard InChI is InChI=1S/C43H35N2O.C16H18N.Ir/c1-27(2)36-24-31(29-14-7-5-8-15-29)25-37(28(3)4)41(36)45-23-22-44-43(45)35-21-13-20-34-40-33-19-12-11-18-32(33)38(26-39(40)46-42(34)35)30-16-9-6-10-17-30;1-16(2,3)11-13-9-10-15(17-12-13)14-7-5-4-6-8-14;/h5-20,22-28H,1-4H3;4-7,9-10,12H,11H2,1-3H3;/q2*-1;/i;11D2;. The van der Waals surface area contributed by atoms with Crippen molar-refractivity contribution in [2.45, 2.75) is 66.7 Å². The molecule has 0 unspecified atom stereocenters. The van der Waals surface area contributed by atoms with Gasteiger partial charge in [-0.05, 0) is 97.2 Å². The molecule has 0 aliphatic heterocycles. The van der Waals surface area contributed by atoms with Gasteiger partial charge in [-0.25, -0.2) is 0 Å². The molecule has 0 N–H and O–H groups in total. The van der Waals surface area contributed by atoms with Gasteiger partial charge >= 0.3 is 0 Å². The van der Waals surface area contributed by atoms with Crippen molar-refractivity contribution in [3.8, 4) is 50.6 Å². The SMILES string of the molecule is CC(C)c1cc(-c2ccccc2)cc(C(C)C)c1-n1ccnc1-c1[c-]ccc2c1oc1cc(-c3ccccc3)c3ccccc3c12.[2H]C([2H])(c1ccc(-c2[c-]cccc2)nc1)C(C)(C)C.[Ir]. The Kier molecular flexibility index (Phi) is 12.2. The molecule has 10 rings (SSSR count). The fraction of sp³-hybridized carbons (Fsp3) is 0.186. The molecule has 64 heavy (non-hydrogen) atoms. The van der Waals surface area contributed by atoms with Crippen molar-refractivity contribution in [3.63, 3.8) is 0 Å². The molecule has 0 bridgehead atoms. The van der Waals surface area contributed by atoms with Gasteiger partial charge in [0.1, 0.15) is 5.58 Å². The first-order valence-electron chi connectivity index (χ1n) is 22.9. The molecular weight excluding hydrogens is 959 g/mol. The molecule has 0 fully saturated rings. The number of furan rings is 1. The molecule has 0 saturated heterocycles. The predicted molar refractivity (Wildman–Crippen MR) is 263 cm³/mol. The van der Waals surface area contributed by atoms with E-state index in [0.717, 1.165) is 50.1 Å². The maximum absolute atomic E-state index is 8.21. The van der Waals surface area contributed by atoms with Gasteiger partial charge in [-0.3, -0.25) is 4.98 Å². The van der Waals surface area contributed by atoms with E-state index < -0.39 is 11.8 Å². The average molecular weight is 1010 g/mol. The molecule has 0 aliphatic rings. The summed E-state index contributed by atoms with van der Waals surface area (Å²) in [6, 6.07) is 58.9. The molecule has 7 aromatic carbocycles. The van der Waals surface area contributed by atoms with Crippen LogP contribution >= 0.6 is 0 Å². The molecule has 4 nitrogen and oxygen atoms in total. The van der Waals surface area contributed by atoms with Crippen LogP contribution < -0.4 is 0 Å². The first kappa shape index (κ1) is 41.6. The first-order valence-corrected chi connectivity index (χ1v) is 21.9. The van der Waals surface area contributed by atoms with Crippen LogP contribution in [0.15, 0.2) is 175 Å². The molecule has 0 saturated carbocycles. The number of imidazole rings is 1. The molecule has 0 aliphatic carbocycles. The smallest absolute Gasteiger partial charge is 0.122 e. The second kappa shape index (κ2) is 18.8. The molecule has 10 aromatic rings. The summed E-state index contributed by atoms with van der Waals surface area (Å²) in [6.07, 6.45) is 4.20. The van der Waals surface area contributed by atoms with Crippen LogP contribution in [0, 0.1) is 17.5 Å². The summed E-state index contributed by atoms with van der Waals surface area (Å²) in [4.78, 5) is 9.32. The van der Waals surface area contributed by atoms with Crippen molar-refractivity contribution in [1.29, 1.82) is 0 Å². The Balaban J connectivity index is 0.000000249. The quantitative estimate of drug-likeness (QED) is 0.143. The fourth-order valence-electron chi connectivity index (χ4n) is 8.55. The van der Waals surface area contributed by atoms with E-state index in [0.29, 0.717) is 17.4 Å². The van der Waals surface area contributed by atoms with Gasteiger partial charge in [0.25, 0.3) is 0 Å². The van der Waals surface area contributed by atoms with E-state index in [1.54, 1.807) is 6.20 Å². The van der Waals surface area contributed by atoms with E-state index in [1.165, 1.54) is 44.3 Å². The Morgan fingerprint density at radius 2 is 1.31 bits per heavy atom. The van der Waals surface area contributed by atoms with Gasteiger partial charge in [-0.2, -0.15) is 0 Å². The summed E-state index contributed by atoms with van der Waals surface area (Å²) < 4.78 is 25.5. The van der Waals surface area contributed by atoms with Crippen molar-refractivity contribution in [2.75, 3.05) is 0 Å². The Hall–Kier alpha value is -6.39. The third kappa shape index (κ3) is 9.02.